The average Bonchev–Trinajstić information content (AvgIpc) is 3.35. The van der Waals surface area contributed by atoms with Gasteiger partial charge < -0.3 is 18.9 Å². The molecule has 10 nitrogen and oxygen atoms in total. The standard InChI is InChI=1S/C24H31N5O5/c1-5-34-21(30)15-20(17-9-7-6-8-10-17)29-24(26-27-28-29)23(25-16-22(32-3)33-4)18-11-13-19(31-2)14-12-18/h6-14,20,22-23,25H,5,15-16H2,1-4H3. The van der Waals surface area contributed by atoms with Gasteiger partial charge in [0.2, 0.25) is 0 Å². The van der Waals surface area contributed by atoms with Crippen molar-refractivity contribution in [3.8, 4) is 5.75 Å². The van der Waals surface area contributed by atoms with Gasteiger partial charge in [-0.1, -0.05) is 42.5 Å². The smallest absolute Gasteiger partial charge is 0.308 e. The van der Waals surface area contributed by atoms with E-state index in [4.69, 9.17) is 18.9 Å². The maximum absolute atomic E-state index is 12.5. The maximum atomic E-state index is 12.5. The van der Waals surface area contributed by atoms with Crippen molar-refractivity contribution in [1.29, 1.82) is 0 Å². The second-order valence-corrected chi connectivity index (χ2v) is 7.43. The van der Waals surface area contributed by atoms with E-state index < -0.39 is 18.4 Å². The predicted octanol–water partition coefficient (Wildman–Crippen LogP) is 2.52. The molecule has 182 valence electrons. The third-order valence-electron chi connectivity index (χ3n) is 5.38. The molecule has 2 aromatic carbocycles. The van der Waals surface area contributed by atoms with E-state index in [-0.39, 0.29) is 12.4 Å². The van der Waals surface area contributed by atoms with Crippen molar-refractivity contribution in [1.82, 2.24) is 25.5 Å². The molecular formula is C24H31N5O5. The SMILES string of the molecule is CCOC(=O)CC(c1ccccc1)n1nnnc1C(NCC(OC)OC)c1ccc(OC)cc1. The normalized spacial score (nSPS) is 13.0. The van der Waals surface area contributed by atoms with Crippen molar-refractivity contribution in [2.75, 3.05) is 34.5 Å². The molecule has 0 aliphatic rings. The fourth-order valence-corrected chi connectivity index (χ4v) is 3.64. The van der Waals surface area contributed by atoms with Crippen LogP contribution in [-0.2, 0) is 19.0 Å². The fraction of sp³-hybridized carbons (Fsp3) is 0.417. The van der Waals surface area contributed by atoms with Crippen molar-refractivity contribution in [3.63, 3.8) is 0 Å². The molecule has 1 N–H and O–H groups in total. The zero-order valence-corrected chi connectivity index (χ0v) is 19.9. The minimum atomic E-state index is -0.463. The first kappa shape index (κ1) is 25.3. The molecule has 0 aliphatic carbocycles. The third kappa shape index (κ3) is 6.37. The molecule has 3 aromatic rings. The Morgan fingerprint density at radius 2 is 1.71 bits per heavy atom. The number of carbonyl (C=O) groups is 1. The summed E-state index contributed by atoms with van der Waals surface area (Å²) in [6.45, 7) is 2.46. The highest BCUT2D eigenvalue weighted by Crippen LogP contribution is 2.28. The second kappa shape index (κ2) is 12.8. The second-order valence-electron chi connectivity index (χ2n) is 7.43. The summed E-state index contributed by atoms with van der Waals surface area (Å²) < 4.78 is 22.9. The van der Waals surface area contributed by atoms with Gasteiger partial charge in [0.1, 0.15) is 5.75 Å². The number of nitrogens with one attached hydrogen (secondary N) is 1. The minimum Gasteiger partial charge on any atom is -0.497 e. The van der Waals surface area contributed by atoms with Gasteiger partial charge in [-0.05, 0) is 40.6 Å². The molecular weight excluding hydrogens is 438 g/mol. The number of aromatic nitrogens is 4. The van der Waals surface area contributed by atoms with E-state index in [0.717, 1.165) is 16.9 Å². The summed E-state index contributed by atoms with van der Waals surface area (Å²) in [5, 5.41) is 16.0. The summed E-state index contributed by atoms with van der Waals surface area (Å²) >= 11 is 0. The Balaban J connectivity index is 2.02. The van der Waals surface area contributed by atoms with Crippen LogP contribution in [0.5, 0.6) is 5.75 Å². The molecule has 0 fully saturated rings. The van der Waals surface area contributed by atoms with Crippen molar-refractivity contribution in [2.24, 2.45) is 0 Å². The quantitative estimate of drug-likeness (QED) is 0.298. The highest BCUT2D eigenvalue weighted by molar-refractivity contribution is 5.70. The molecule has 0 saturated carbocycles. The van der Waals surface area contributed by atoms with Gasteiger partial charge in [0.25, 0.3) is 0 Å². The Morgan fingerprint density at radius 3 is 2.32 bits per heavy atom. The van der Waals surface area contributed by atoms with E-state index in [0.29, 0.717) is 19.0 Å². The van der Waals surface area contributed by atoms with Crippen LogP contribution in [0.4, 0.5) is 0 Å². The van der Waals surface area contributed by atoms with E-state index in [1.807, 2.05) is 54.6 Å². The molecule has 1 heterocycles. The number of methoxy groups -OCH3 is 3. The molecule has 0 spiro atoms. The average molecular weight is 470 g/mol. The monoisotopic (exact) mass is 469 g/mol. The first-order chi connectivity index (χ1) is 16.6. The van der Waals surface area contributed by atoms with Crippen LogP contribution in [0.2, 0.25) is 0 Å². The van der Waals surface area contributed by atoms with Gasteiger partial charge >= 0.3 is 5.97 Å². The number of esters is 1. The van der Waals surface area contributed by atoms with Crippen LogP contribution < -0.4 is 10.1 Å². The molecule has 2 atom stereocenters. The summed E-state index contributed by atoms with van der Waals surface area (Å²) in [6.07, 6.45) is -0.376. The molecule has 2 unspecified atom stereocenters. The van der Waals surface area contributed by atoms with Crippen LogP contribution >= 0.6 is 0 Å². The number of benzene rings is 2. The fourth-order valence-electron chi connectivity index (χ4n) is 3.64. The molecule has 3 rings (SSSR count). The Labute approximate surface area is 199 Å². The number of hydrogen-bond donors (Lipinski definition) is 1. The van der Waals surface area contributed by atoms with Crippen molar-refractivity contribution in [2.45, 2.75) is 31.7 Å². The lowest BCUT2D eigenvalue weighted by Crippen LogP contribution is -2.35. The van der Waals surface area contributed by atoms with Crippen LogP contribution in [0.25, 0.3) is 0 Å². The summed E-state index contributed by atoms with van der Waals surface area (Å²) in [5.41, 5.74) is 1.80. The first-order valence-corrected chi connectivity index (χ1v) is 11.0. The summed E-state index contributed by atoms with van der Waals surface area (Å²) in [5.74, 6) is 0.943. The number of rotatable bonds is 13. The maximum Gasteiger partial charge on any atom is 0.308 e. The van der Waals surface area contributed by atoms with E-state index in [1.54, 1.807) is 32.9 Å². The van der Waals surface area contributed by atoms with Crippen LogP contribution in [0, 0.1) is 0 Å². The van der Waals surface area contributed by atoms with Crippen molar-refractivity contribution in [3.05, 3.63) is 71.5 Å². The topological polar surface area (TPSA) is 110 Å². The Morgan fingerprint density at radius 1 is 1.00 bits per heavy atom. The third-order valence-corrected chi connectivity index (χ3v) is 5.38. The molecule has 0 saturated heterocycles. The predicted molar refractivity (Wildman–Crippen MR) is 124 cm³/mol. The van der Waals surface area contributed by atoms with Crippen LogP contribution in [-0.4, -0.2) is 66.9 Å². The lowest BCUT2D eigenvalue weighted by molar-refractivity contribution is -0.143. The van der Waals surface area contributed by atoms with Gasteiger partial charge in [-0.25, -0.2) is 4.68 Å². The summed E-state index contributed by atoms with van der Waals surface area (Å²) in [4.78, 5) is 12.5. The summed E-state index contributed by atoms with van der Waals surface area (Å²) in [7, 11) is 4.77. The zero-order chi connectivity index (χ0) is 24.3. The van der Waals surface area contributed by atoms with Crippen LogP contribution in [0.15, 0.2) is 54.6 Å². The zero-order valence-electron chi connectivity index (χ0n) is 19.9. The van der Waals surface area contributed by atoms with Crippen molar-refractivity contribution < 1.29 is 23.7 Å². The Kier molecular flexibility index (Phi) is 9.51. The van der Waals surface area contributed by atoms with Gasteiger partial charge in [0.05, 0.1) is 32.2 Å². The van der Waals surface area contributed by atoms with Crippen LogP contribution in [0.1, 0.15) is 42.4 Å². The minimum absolute atomic E-state index is 0.0873. The van der Waals surface area contributed by atoms with E-state index in [9.17, 15) is 4.79 Å². The molecule has 0 radical (unpaired) electrons. The number of hydrogen-bond acceptors (Lipinski definition) is 9. The van der Waals surface area contributed by atoms with Gasteiger partial charge in [0, 0.05) is 20.8 Å². The summed E-state index contributed by atoms with van der Waals surface area (Å²) in [6, 6.07) is 16.4. The van der Waals surface area contributed by atoms with Gasteiger partial charge in [-0.15, -0.1) is 5.10 Å². The number of nitrogens with zero attached hydrogens (tertiary/aromatic N) is 4. The highest BCUT2D eigenvalue weighted by atomic mass is 16.7. The first-order valence-electron chi connectivity index (χ1n) is 11.0. The molecule has 0 aliphatic heterocycles. The Bertz CT molecular complexity index is 1010. The Hall–Kier alpha value is -3.34. The molecule has 0 amide bonds. The lowest BCUT2D eigenvalue weighted by atomic mass is 10.0. The lowest BCUT2D eigenvalue weighted by Gasteiger charge is -2.24. The molecule has 0 bridgehead atoms. The molecule has 34 heavy (non-hydrogen) atoms. The van der Waals surface area contributed by atoms with E-state index in [2.05, 4.69) is 20.8 Å². The van der Waals surface area contributed by atoms with E-state index in [1.165, 1.54) is 0 Å². The molecule has 1 aromatic heterocycles. The van der Waals surface area contributed by atoms with Gasteiger partial charge in [0.15, 0.2) is 12.1 Å². The highest BCUT2D eigenvalue weighted by Gasteiger charge is 2.28. The van der Waals surface area contributed by atoms with E-state index >= 15 is 0 Å². The van der Waals surface area contributed by atoms with Crippen molar-refractivity contribution >= 4 is 5.97 Å². The molecule has 10 heteroatoms. The van der Waals surface area contributed by atoms with Gasteiger partial charge in [-0.3, -0.25) is 10.1 Å². The number of ether oxygens (including phenoxy) is 4. The largest absolute Gasteiger partial charge is 0.497 e. The van der Waals surface area contributed by atoms with Crippen LogP contribution in [0.3, 0.4) is 0 Å². The van der Waals surface area contributed by atoms with Gasteiger partial charge in [-0.2, -0.15) is 0 Å². The number of carbonyl (C=O) groups excluding carboxylic acids is 1. The number of tetrazole rings is 1.